The van der Waals surface area contributed by atoms with Gasteiger partial charge in [-0.15, -0.1) is 0 Å². The molecular formula is C13H20N4O2. The predicted octanol–water partition coefficient (Wildman–Crippen LogP) is -0.299. The molecule has 1 fully saturated rings. The van der Waals surface area contributed by atoms with Gasteiger partial charge in [-0.2, -0.15) is 0 Å². The van der Waals surface area contributed by atoms with E-state index in [9.17, 15) is 9.90 Å². The minimum atomic E-state index is -0.252. The number of aliphatic hydroxyl groups excluding tert-OH is 1. The molecule has 3 atom stereocenters. The minimum absolute atomic E-state index is 0.00718. The fourth-order valence-corrected chi connectivity index (χ4v) is 2.96. The van der Waals surface area contributed by atoms with E-state index in [1.54, 1.807) is 6.33 Å². The quantitative estimate of drug-likeness (QED) is 0.603. The zero-order valence-electron chi connectivity index (χ0n) is 10.9. The lowest BCUT2D eigenvalue weighted by Crippen LogP contribution is -2.49. The largest absolute Gasteiger partial charge is 0.393 e. The van der Waals surface area contributed by atoms with Gasteiger partial charge in [-0.1, -0.05) is 6.42 Å². The molecule has 6 heteroatoms. The Labute approximate surface area is 112 Å². The highest BCUT2D eigenvalue weighted by molar-refractivity contribution is 5.82. The molecule has 1 amide bonds. The molecule has 3 unspecified atom stereocenters. The van der Waals surface area contributed by atoms with Gasteiger partial charge in [0.05, 0.1) is 29.9 Å². The summed E-state index contributed by atoms with van der Waals surface area (Å²) >= 11 is 0. The number of amides is 1. The maximum absolute atomic E-state index is 12.1. The summed E-state index contributed by atoms with van der Waals surface area (Å²) in [7, 11) is 0. The van der Waals surface area contributed by atoms with E-state index in [4.69, 9.17) is 0 Å². The first kappa shape index (κ1) is 12.6. The molecule has 2 aliphatic rings. The number of fused-ring (bicyclic) bond motifs is 1. The van der Waals surface area contributed by atoms with E-state index < -0.39 is 0 Å². The molecule has 1 saturated carbocycles. The molecule has 6 nitrogen and oxygen atoms in total. The first-order valence-electron chi connectivity index (χ1n) is 6.94. The van der Waals surface area contributed by atoms with Crippen molar-refractivity contribution < 1.29 is 9.90 Å². The van der Waals surface area contributed by atoms with Gasteiger partial charge in [-0.3, -0.25) is 10.1 Å². The molecule has 4 N–H and O–H groups in total. The van der Waals surface area contributed by atoms with Crippen LogP contribution in [0.4, 0.5) is 0 Å². The maximum atomic E-state index is 12.1. The van der Waals surface area contributed by atoms with Crippen LogP contribution < -0.4 is 10.6 Å². The van der Waals surface area contributed by atoms with Crippen LogP contribution in [0.1, 0.15) is 30.7 Å². The SMILES string of the molecule is O=C(NCC1CCCC1O)C1Cc2nc[nH]c2CN1. The van der Waals surface area contributed by atoms with Crippen molar-refractivity contribution in [1.82, 2.24) is 20.6 Å². The van der Waals surface area contributed by atoms with Crippen molar-refractivity contribution in [3.05, 3.63) is 17.7 Å². The molecule has 0 spiro atoms. The lowest BCUT2D eigenvalue weighted by Gasteiger charge is -2.23. The molecule has 0 bridgehead atoms. The van der Waals surface area contributed by atoms with Crippen molar-refractivity contribution in [2.75, 3.05) is 6.54 Å². The Morgan fingerprint density at radius 3 is 3.21 bits per heavy atom. The van der Waals surface area contributed by atoms with Crippen molar-refractivity contribution in [3.8, 4) is 0 Å². The summed E-state index contributed by atoms with van der Waals surface area (Å²) in [5.41, 5.74) is 2.04. The van der Waals surface area contributed by atoms with E-state index in [1.165, 1.54) is 0 Å². The van der Waals surface area contributed by atoms with Crippen LogP contribution in [0, 0.1) is 5.92 Å². The number of carbonyl (C=O) groups excluding carboxylic acids is 1. The summed E-state index contributed by atoms with van der Waals surface area (Å²) < 4.78 is 0. The summed E-state index contributed by atoms with van der Waals surface area (Å²) in [6.07, 6.45) is 4.96. The van der Waals surface area contributed by atoms with Gasteiger partial charge >= 0.3 is 0 Å². The van der Waals surface area contributed by atoms with Gasteiger partial charge in [0.25, 0.3) is 0 Å². The first-order valence-corrected chi connectivity index (χ1v) is 6.94. The highest BCUT2D eigenvalue weighted by Gasteiger charge is 2.28. The van der Waals surface area contributed by atoms with Gasteiger partial charge in [0, 0.05) is 25.4 Å². The second kappa shape index (κ2) is 5.30. The number of aliphatic hydroxyl groups is 1. The Balaban J connectivity index is 1.51. The van der Waals surface area contributed by atoms with Crippen LogP contribution in [-0.4, -0.2) is 39.7 Å². The van der Waals surface area contributed by atoms with E-state index >= 15 is 0 Å². The highest BCUT2D eigenvalue weighted by Crippen LogP contribution is 2.24. The van der Waals surface area contributed by atoms with Crippen LogP contribution >= 0.6 is 0 Å². The zero-order valence-corrected chi connectivity index (χ0v) is 10.9. The maximum Gasteiger partial charge on any atom is 0.237 e. The molecule has 2 heterocycles. The van der Waals surface area contributed by atoms with Crippen molar-refractivity contribution in [1.29, 1.82) is 0 Å². The fourth-order valence-electron chi connectivity index (χ4n) is 2.96. The van der Waals surface area contributed by atoms with Gasteiger partial charge in [0.15, 0.2) is 0 Å². The monoisotopic (exact) mass is 264 g/mol. The van der Waals surface area contributed by atoms with Gasteiger partial charge in [-0.05, 0) is 12.8 Å². The number of nitrogens with one attached hydrogen (secondary N) is 3. The van der Waals surface area contributed by atoms with E-state index in [1.807, 2.05) is 0 Å². The van der Waals surface area contributed by atoms with Crippen LogP contribution in [0.3, 0.4) is 0 Å². The Hall–Kier alpha value is -1.40. The van der Waals surface area contributed by atoms with E-state index in [-0.39, 0.29) is 24.0 Å². The van der Waals surface area contributed by atoms with E-state index in [2.05, 4.69) is 20.6 Å². The minimum Gasteiger partial charge on any atom is -0.393 e. The lowest BCUT2D eigenvalue weighted by atomic mass is 10.0. The second-order valence-corrected chi connectivity index (χ2v) is 5.47. The normalized spacial score (nSPS) is 30.1. The smallest absolute Gasteiger partial charge is 0.237 e. The molecule has 0 saturated heterocycles. The molecule has 3 rings (SSSR count). The molecule has 104 valence electrons. The molecule has 1 aromatic rings. The second-order valence-electron chi connectivity index (χ2n) is 5.47. The fraction of sp³-hybridized carbons (Fsp3) is 0.692. The highest BCUT2D eigenvalue weighted by atomic mass is 16.3. The van der Waals surface area contributed by atoms with Crippen LogP contribution in [-0.2, 0) is 17.8 Å². The lowest BCUT2D eigenvalue weighted by molar-refractivity contribution is -0.123. The third-order valence-corrected chi connectivity index (χ3v) is 4.20. The molecule has 0 radical (unpaired) electrons. The topological polar surface area (TPSA) is 90.0 Å². The summed E-state index contributed by atoms with van der Waals surface area (Å²) in [4.78, 5) is 19.4. The van der Waals surface area contributed by atoms with Crippen molar-refractivity contribution in [3.63, 3.8) is 0 Å². The van der Waals surface area contributed by atoms with Crippen molar-refractivity contribution in [2.24, 2.45) is 5.92 Å². The third kappa shape index (κ3) is 2.64. The van der Waals surface area contributed by atoms with Gasteiger partial charge in [0.2, 0.25) is 5.91 Å². The number of rotatable bonds is 3. The Kier molecular flexibility index (Phi) is 3.52. The Morgan fingerprint density at radius 2 is 2.42 bits per heavy atom. The van der Waals surface area contributed by atoms with Crippen LogP contribution in [0.15, 0.2) is 6.33 Å². The average Bonchev–Trinajstić information content (AvgIpc) is 3.03. The van der Waals surface area contributed by atoms with Gasteiger partial charge in [-0.25, -0.2) is 4.98 Å². The molecule has 1 aromatic heterocycles. The summed E-state index contributed by atoms with van der Waals surface area (Å²) in [5, 5.41) is 15.9. The van der Waals surface area contributed by atoms with Crippen LogP contribution in [0.5, 0.6) is 0 Å². The standard InChI is InChI=1S/C13H20N4O2/c18-12-3-1-2-8(12)5-15-13(19)10-4-9-11(6-14-10)17-7-16-9/h7-8,10,12,14,18H,1-6H2,(H,15,19)(H,16,17). The van der Waals surface area contributed by atoms with Crippen LogP contribution in [0.2, 0.25) is 0 Å². The average molecular weight is 264 g/mol. The Bertz CT molecular complexity index is 459. The number of hydrogen-bond acceptors (Lipinski definition) is 4. The number of H-pyrrole nitrogens is 1. The number of hydrogen-bond donors (Lipinski definition) is 4. The predicted molar refractivity (Wildman–Crippen MR) is 69.3 cm³/mol. The zero-order chi connectivity index (χ0) is 13.2. The number of nitrogens with zero attached hydrogens (tertiary/aromatic N) is 1. The number of aromatic nitrogens is 2. The molecule has 0 aromatic carbocycles. The summed E-state index contributed by atoms with van der Waals surface area (Å²) in [6.45, 7) is 1.23. The molecule has 1 aliphatic heterocycles. The summed E-state index contributed by atoms with van der Waals surface area (Å²) in [5.74, 6) is 0.223. The number of aromatic amines is 1. The molecule has 1 aliphatic carbocycles. The molecular weight excluding hydrogens is 244 g/mol. The number of imidazole rings is 1. The Morgan fingerprint density at radius 1 is 1.53 bits per heavy atom. The van der Waals surface area contributed by atoms with Crippen molar-refractivity contribution in [2.45, 2.75) is 44.4 Å². The molecule has 19 heavy (non-hydrogen) atoms. The first-order chi connectivity index (χ1) is 9.24. The van der Waals surface area contributed by atoms with E-state index in [0.717, 1.165) is 30.7 Å². The van der Waals surface area contributed by atoms with Gasteiger partial charge < -0.3 is 15.4 Å². The van der Waals surface area contributed by atoms with Crippen LogP contribution in [0.25, 0.3) is 0 Å². The number of carbonyl (C=O) groups is 1. The third-order valence-electron chi connectivity index (χ3n) is 4.20. The summed E-state index contributed by atoms with van der Waals surface area (Å²) in [6, 6.07) is -0.214. The van der Waals surface area contributed by atoms with E-state index in [0.29, 0.717) is 19.5 Å². The van der Waals surface area contributed by atoms with Crippen molar-refractivity contribution >= 4 is 5.91 Å². The van der Waals surface area contributed by atoms with Gasteiger partial charge in [0.1, 0.15) is 0 Å².